The summed E-state index contributed by atoms with van der Waals surface area (Å²) in [5.74, 6) is -0.316. The molecule has 3 aromatic rings. The van der Waals surface area contributed by atoms with E-state index in [0.29, 0.717) is 5.82 Å². The minimum atomic E-state index is -0.575. The van der Waals surface area contributed by atoms with E-state index in [-0.39, 0.29) is 24.6 Å². The molecule has 0 radical (unpaired) electrons. The lowest BCUT2D eigenvalue weighted by Crippen LogP contribution is -2.21. The van der Waals surface area contributed by atoms with Crippen LogP contribution >= 0.6 is 0 Å². The Bertz CT molecular complexity index is 997. The molecule has 0 bridgehead atoms. The number of anilines is 1. The molecule has 1 amide bonds. The fraction of sp³-hybridized carbons (Fsp3) is 0.263. The van der Waals surface area contributed by atoms with Gasteiger partial charge in [0.25, 0.3) is 5.91 Å². The van der Waals surface area contributed by atoms with Crippen molar-refractivity contribution in [3.8, 4) is 5.82 Å². The fourth-order valence-corrected chi connectivity index (χ4v) is 2.74. The van der Waals surface area contributed by atoms with Gasteiger partial charge in [-0.05, 0) is 31.5 Å². The smallest absolute Gasteiger partial charge is 0.343 e. The summed E-state index contributed by atoms with van der Waals surface area (Å²) in [7, 11) is 1.41. The molecule has 0 saturated heterocycles. The molecular weight excluding hydrogens is 348 g/mol. The third-order valence-electron chi connectivity index (χ3n) is 3.92. The number of aromatic nitrogens is 3. The molecule has 0 unspecified atom stereocenters. The molecule has 1 aromatic carbocycles. The maximum Gasteiger partial charge on any atom is 0.343 e. The van der Waals surface area contributed by atoms with E-state index in [4.69, 9.17) is 9.47 Å². The Morgan fingerprint density at radius 1 is 1.26 bits per heavy atom. The molecule has 0 atom stereocenters. The second-order valence-corrected chi connectivity index (χ2v) is 5.83. The van der Waals surface area contributed by atoms with Crippen LogP contribution in [0.3, 0.4) is 0 Å². The van der Waals surface area contributed by atoms with Gasteiger partial charge in [-0.25, -0.2) is 9.78 Å². The van der Waals surface area contributed by atoms with Gasteiger partial charge in [0.15, 0.2) is 11.6 Å². The lowest BCUT2D eigenvalue weighted by atomic mass is 10.1. The van der Waals surface area contributed by atoms with E-state index in [0.717, 1.165) is 16.5 Å². The number of para-hydroxylation sites is 1. The Hall–Kier alpha value is -3.26. The molecule has 3 rings (SSSR count). The Balaban J connectivity index is 2.11. The van der Waals surface area contributed by atoms with Crippen molar-refractivity contribution in [1.29, 1.82) is 0 Å². The number of esters is 1. The van der Waals surface area contributed by atoms with Crippen molar-refractivity contribution in [3.63, 3.8) is 0 Å². The summed E-state index contributed by atoms with van der Waals surface area (Å²) in [4.78, 5) is 28.9. The number of pyridine rings is 1. The zero-order chi connectivity index (χ0) is 19.4. The first-order valence-electron chi connectivity index (χ1n) is 8.45. The van der Waals surface area contributed by atoms with Crippen molar-refractivity contribution in [2.45, 2.75) is 13.8 Å². The molecular formula is C19H20N4O4. The second kappa shape index (κ2) is 7.96. The van der Waals surface area contributed by atoms with Crippen LogP contribution in [0.15, 0.2) is 36.5 Å². The van der Waals surface area contributed by atoms with Crippen LogP contribution in [-0.4, -0.2) is 47.0 Å². The van der Waals surface area contributed by atoms with Crippen LogP contribution < -0.4 is 5.32 Å². The Morgan fingerprint density at radius 3 is 2.78 bits per heavy atom. The van der Waals surface area contributed by atoms with E-state index in [1.165, 1.54) is 18.0 Å². The maximum atomic E-state index is 12.3. The van der Waals surface area contributed by atoms with E-state index >= 15 is 0 Å². The van der Waals surface area contributed by atoms with Gasteiger partial charge in [-0.15, -0.1) is 0 Å². The van der Waals surface area contributed by atoms with Gasteiger partial charge < -0.3 is 14.8 Å². The van der Waals surface area contributed by atoms with Gasteiger partial charge in [0, 0.05) is 12.5 Å². The molecule has 140 valence electrons. The topological polar surface area (TPSA) is 95.3 Å². The first-order chi connectivity index (χ1) is 13.0. The Morgan fingerprint density at radius 2 is 2.04 bits per heavy atom. The summed E-state index contributed by atoms with van der Waals surface area (Å²) in [6.07, 6.45) is 1.35. The van der Waals surface area contributed by atoms with Gasteiger partial charge in [-0.3, -0.25) is 4.79 Å². The number of methoxy groups -OCH3 is 1. The van der Waals surface area contributed by atoms with E-state index in [1.54, 1.807) is 6.92 Å². The van der Waals surface area contributed by atoms with Crippen LogP contribution in [0.1, 0.15) is 22.8 Å². The van der Waals surface area contributed by atoms with Crippen molar-refractivity contribution in [3.05, 3.63) is 47.7 Å². The number of hydrogen-bond donors (Lipinski definition) is 1. The van der Waals surface area contributed by atoms with Crippen LogP contribution in [0.4, 0.5) is 5.82 Å². The highest BCUT2D eigenvalue weighted by Crippen LogP contribution is 2.24. The lowest BCUT2D eigenvalue weighted by Gasteiger charge is -2.12. The quantitative estimate of drug-likeness (QED) is 0.672. The Kier molecular flexibility index (Phi) is 5.46. The molecule has 0 saturated carbocycles. The first kappa shape index (κ1) is 18.5. The zero-order valence-corrected chi connectivity index (χ0v) is 15.4. The maximum absolute atomic E-state index is 12.3. The van der Waals surface area contributed by atoms with E-state index in [9.17, 15) is 9.59 Å². The lowest BCUT2D eigenvalue weighted by molar-refractivity contribution is -0.119. The molecule has 0 aliphatic heterocycles. The number of rotatable bonds is 6. The number of carbonyl (C=O) groups is 2. The number of fused-ring (bicyclic) bond motifs is 1. The predicted molar refractivity (Wildman–Crippen MR) is 100 cm³/mol. The number of aryl methyl sites for hydroxylation is 1. The number of hydrogen-bond acceptors (Lipinski definition) is 6. The third-order valence-corrected chi connectivity index (χ3v) is 3.92. The molecule has 0 spiro atoms. The van der Waals surface area contributed by atoms with Gasteiger partial charge >= 0.3 is 5.97 Å². The summed E-state index contributed by atoms with van der Waals surface area (Å²) >= 11 is 0. The number of ether oxygens (including phenoxy) is 2. The van der Waals surface area contributed by atoms with Gasteiger partial charge in [0.2, 0.25) is 0 Å². The second-order valence-electron chi connectivity index (χ2n) is 5.83. The first-order valence-corrected chi connectivity index (χ1v) is 8.45. The highest BCUT2D eigenvalue weighted by Gasteiger charge is 2.22. The molecule has 8 heteroatoms. The summed E-state index contributed by atoms with van der Waals surface area (Å²) in [6.45, 7) is 3.73. The molecule has 0 fully saturated rings. The average Bonchev–Trinajstić information content (AvgIpc) is 3.05. The molecule has 2 aromatic heterocycles. The van der Waals surface area contributed by atoms with Crippen LogP contribution in [0, 0.1) is 6.92 Å². The summed E-state index contributed by atoms with van der Waals surface area (Å²) < 4.78 is 11.3. The summed E-state index contributed by atoms with van der Waals surface area (Å²) in [6, 6.07) is 9.56. The monoisotopic (exact) mass is 368 g/mol. The molecule has 2 heterocycles. The molecule has 27 heavy (non-hydrogen) atoms. The van der Waals surface area contributed by atoms with Gasteiger partial charge in [-0.1, -0.05) is 18.2 Å². The van der Waals surface area contributed by atoms with Crippen molar-refractivity contribution in [2.75, 3.05) is 25.6 Å². The zero-order valence-electron chi connectivity index (χ0n) is 15.4. The van der Waals surface area contributed by atoms with Crippen LogP contribution in [0.5, 0.6) is 0 Å². The van der Waals surface area contributed by atoms with Gasteiger partial charge in [-0.2, -0.15) is 9.78 Å². The highest BCUT2D eigenvalue weighted by molar-refractivity contribution is 6.01. The van der Waals surface area contributed by atoms with Crippen molar-refractivity contribution in [2.24, 2.45) is 0 Å². The van der Waals surface area contributed by atoms with Crippen molar-refractivity contribution in [1.82, 2.24) is 14.8 Å². The predicted octanol–water partition coefficient (Wildman–Crippen LogP) is 2.49. The average molecular weight is 368 g/mol. The van der Waals surface area contributed by atoms with Crippen LogP contribution in [-0.2, 0) is 14.3 Å². The van der Waals surface area contributed by atoms with Crippen LogP contribution in [0.25, 0.3) is 16.7 Å². The summed E-state index contributed by atoms with van der Waals surface area (Å²) in [5.41, 5.74) is 1.93. The number of amides is 1. The van der Waals surface area contributed by atoms with Crippen molar-refractivity contribution < 1.29 is 19.1 Å². The Labute approximate surface area is 156 Å². The van der Waals surface area contributed by atoms with E-state index in [2.05, 4.69) is 15.4 Å². The van der Waals surface area contributed by atoms with Crippen molar-refractivity contribution >= 4 is 28.6 Å². The minimum absolute atomic E-state index is 0.147. The number of benzene rings is 1. The number of nitrogens with one attached hydrogen (secondary N) is 1. The van der Waals surface area contributed by atoms with Gasteiger partial charge in [0.1, 0.15) is 12.2 Å². The molecule has 0 aliphatic rings. The van der Waals surface area contributed by atoms with Gasteiger partial charge in [0.05, 0.1) is 18.3 Å². The molecule has 8 nitrogen and oxygen atoms in total. The minimum Gasteiger partial charge on any atom is -0.462 e. The van der Waals surface area contributed by atoms with Crippen LogP contribution in [0.2, 0.25) is 0 Å². The molecule has 0 aliphatic carbocycles. The normalized spacial score (nSPS) is 10.8. The third kappa shape index (κ3) is 3.80. The van der Waals surface area contributed by atoms with E-state index < -0.39 is 11.9 Å². The number of nitrogens with zero attached hydrogens (tertiary/aromatic N) is 3. The molecule has 1 N–H and O–H groups in total. The number of carbonyl (C=O) groups excluding carboxylic acids is 2. The largest absolute Gasteiger partial charge is 0.462 e. The highest BCUT2D eigenvalue weighted by atomic mass is 16.5. The summed E-state index contributed by atoms with van der Waals surface area (Å²) in [5, 5.41) is 7.93. The fourth-order valence-electron chi connectivity index (χ4n) is 2.74. The standard InChI is InChI=1S/C19H20N4O4/c1-4-27-19(25)14-10-20-23(18(14)22-17(24)11-26-3)16-9-12(2)13-7-5-6-8-15(13)21-16/h5-10H,4,11H2,1-3H3,(H,22,24). The SMILES string of the molecule is CCOC(=O)c1cnn(-c2cc(C)c3ccccc3n2)c1NC(=O)COC. The van der Waals surface area contributed by atoms with E-state index in [1.807, 2.05) is 37.3 Å².